The molecule has 3 heteroatoms. The Morgan fingerprint density at radius 3 is 2.82 bits per heavy atom. The Kier molecular flexibility index (Phi) is 3.83. The van der Waals surface area contributed by atoms with Crippen molar-refractivity contribution in [2.24, 2.45) is 0 Å². The molecule has 1 N–H and O–H groups in total. The standard InChI is InChI=1S/C14H17N3/c1-3-15-8-12-6-13(10-17-9-12)14-4-5-16-7-11(14)2/h4-7,9-10,15H,3,8H2,1-2H3. The molecule has 2 aromatic rings. The second kappa shape index (κ2) is 5.55. The molecule has 0 amide bonds. The minimum absolute atomic E-state index is 0.863. The lowest BCUT2D eigenvalue weighted by Gasteiger charge is -2.07. The highest BCUT2D eigenvalue weighted by molar-refractivity contribution is 5.65. The maximum absolute atomic E-state index is 4.29. The molecule has 0 aliphatic rings. The lowest BCUT2D eigenvalue weighted by molar-refractivity contribution is 0.724. The molecule has 2 rings (SSSR count). The lowest BCUT2D eigenvalue weighted by atomic mass is 10.0. The fraction of sp³-hybridized carbons (Fsp3) is 0.286. The molecule has 0 fully saturated rings. The summed E-state index contributed by atoms with van der Waals surface area (Å²) < 4.78 is 0. The minimum atomic E-state index is 0.863. The fourth-order valence-corrected chi connectivity index (χ4v) is 1.80. The maximum atomic E-state index is 4.29. The maximum Gasteiger partial charge on any atom is 0.0346 e. The predicted molar refractivity (Wildman–Crippen MR) is 69.6 cm³/mol. The SMILES string of the molecule is CCNCc1cncc(-c2ccncc2C)c1. The van der Waals surface area contributed by atoms with Crippen LogP contribution < -0.4 is 5.32 Å². The summed E-state index contributed by atoms with van der Waals surface area (Å²) in [6.45, 7) is 6.00. The largest absolute Gasteiger partial charge is 0.313 e. The van der Waals surface area contributed by atoms with E-state index in [0.717, 1.165) is 18.7 Å². The van der Waals surface area contributed by atoms with E-state index in [0.29, 0.717) is 0 Å². The van der Waals surface area contributed by atoms with Crippen LogP contribution in [0, 0.1) is 6.92 Å². The van der Waals surface area contributed by atoms with Crippen LogP contribution in [-0.4, -0.2) is 16.5 Å². The highest BCUT2D eigenvalue weighted by Gasteiger charge is 2.02. The quantitative estimate of drug-likeness (QED) is 0.872. The Hall–Kier alpha value is -1.74. The summed E-state index contributed by atoms with van der Waals surface area (Å²) in [7, 11) is 0. The van der Waals surface area contributed by atoms with Crippen LogP contribution in [0.4, 0.5) is 0 Å². The summed E-state index contributed by atoms with van der Waals surface area (Å²) in [6.07, 6.45) is 7.51. The summed E-state index contributed by atoms with van der Waals surface area (Å²) in [5.41, 5.74) is 4.74. The van der Waals surface area contributed by atoms with Crippen molar-refractivity contribution in [3.05, 3.63) is 48.0 Å². The number of nitrogens with one attached hydrogen (secondary N) is 1. The summed E-state index contributed by atoms with van der Waals surface area (Å²) >= 11 is 0. The zero-order valence-electron chi connectivity index (χ0n) is 10.3. The molecule has 0 aliphatic heterocycles. The molecule has 0 saturated carbocycles. The molecule has 0 radical (unpaired) electrons. The molecule has 0 aliphatic carbocycles. The number of pyridine rings is 2. The van der Waals surface area contributed by atoms with Gasteiger partial charge in [0.1, 0.15) is 0 Å². The average Bonchev–Trinajstić information content (AvgIpc) is 2.37. The number of rotatable bonds is 4. The third-order valence-corrected chi connectivity index (χ3v) is 2.71. The molecule has 0 bridgehead atoms. The van der Waals surface area contributed by atoms with Gasteiger partial charge in [0, 0.05) is 36.9 Å². The van der Waals surface area contributed by atoms with Gasteiger partial charge in [0.2, 0.25) is 0 Å². The van der Waals surface area contributed by atoms with E-state index >= 15 is 0 Å². The summed E-state index contributed by atoms with van der Waals surface area (Å²) in [5, 5.41) is 3.31. The Morgan fingerprint density at radius 2 is 2.06 bits per heavy atom. The first kappa shape index (κ1) is 11.7. The molecule has 88 valence electrons. The number of hydrogen-bond donors (Lipinski definition) is 1. The third-order valence-electron chi connectivity index (χ3n) is 2.71. The molecule has 0 aromatic carbocycles. The predicted octanol–water partition coefficient (Wildman–Crippen LogP) is 2.56. The van der Waals surface area contributed by atoms with Crippen LogP contribution in [0.25, 0.3) is 11.1 Å². The van der Waals surface area contributed by atoms with E-state index in [1.807, 2.05) is 30.9 Å². The van der Waals surface area contributed by atoms with Crippen molar-refractivity contribution in [1.29, 1.82) is 0 Å². The van der Waals surface area contributed by atoms with Crippen LogP contribution in [-0.2, 0) is 6.54 Å². The van der Waals surface area contributed by atoms with Crippen LogP contribution in [0.5, 0.6) is 0 Å². The van der Waals surface area contributed by atoms with Crippen molar-refractivity contribution >= 4 is 0 Å². The Morgan fingerprint density at radius 1 is 1.18 bits per heavy atom. The molecule has 0 unspecified atom stereocenters. The number of nitrogens with zero attached hydrogens (tertiary/aromatic N) is 2. The van der Waals surface area contributed by atoms with Gasteiger partial charge in [-0.25, -0.2) is 0 Å². The van der Waals surface area contributed by atoms with Gasteiger partial charge in [-0.05, 0) is 42.3 Å². The van der Waals surface area contributed by atoms with Gasteiger partial charge in [-0.15, -0.1) is 0 Å². The Bertz CT molecular complexity index is 494. The van der Waals surface area contributed by atoms with E-state index in [2.05, 4.69) is 35.2 Å². The van der Waals surface area contributed by atoms with Crippen LogP contribution in [0.3, 0.4) is 0 Å². The van der Waals surface area contributed by atoms with Crippen LogP contribution in [0.15, 0.2) is 36.9 Å². The first-order chi connectivity index (χ1) is 8.31. The zero-order valence-corrected chi connectivity index (χ0v) is 10.3. The van der Waals surface area contributed by atoms with E-state index in [1.165, 1.54) is 16.7 Å². The Balaban J connectivity index is 2.30. The normalized spacial score (nSPS) is 10.5. The minimum Gasteiger partial charge on any atom is -0.313 e. The molecule has 17 heavy (non-hydrogen) atoms. The fourth-order valence-electron chi connectivity index (χ4n) is 1.80. The van der Waals surface area contributed by atoms with Gasteiger partial charge >= 0.3 is 0 Å². The zero-order chi connectivity index (χ0) is 12.1. The average molecular weight is 227 g/mol. The first-order valence-electron chi connectivity index (χ1n) is 5.87. The van der Waals surface area contributed by atoms with Gasteiger partial charge in [-0.1, -0.05) is 6.92 Å². The molecule has 0 spiro atoms. The van der Waals surface area contributed by atoms with Crippen molar-refractivity contribution < 1.29 is 0 Å². The molecule has 2 aromatic heterocycles. The third kappa shape index (κ3) is 2.88. The van der Waals surface area contributed by atoms with Gasteiger partial charge in [0.15, 0.2) is 0 Å². The van der Waals surface area contributed by atoms with Crippen molar-refractivity contribution in [1.82, 2.24) is 15.3 Å². The molecule has 0 saturated heterocycles. The molecule has 3 nitrogen and oxygen atoms in total. The number of hydrogen-bond acceptors (Lipinski definition) is 3. The molecular formula is C14H17N3. The van der Waals surface area contributed by atoms with Crippen molar-refractivity contribution in [3.63, 3.8) is 0 Å². The smallest absolute Gasteiger partial charge is 0.0346 e. The van der Waals surface area contributed by atoms with Gasteiger partial charge < -0.3 is 5.32 Å². The van der Waals surface area contributed by atoms with E-state index in [9.17, 15) is 0 Å². The van der Waals surface area contributed by atoms with Gasteiger partial charge in [-0.2, -0.15) is 0 Å². The summed E-state index contributed by atoms with van der Waals surface area (Å²) in [5.74, 6) is 0. The topological polar surface area (TPSA) is 37.8 Å². The second-order valence-corrected chi connectivity index (χ2v) is 4.05. The van der Waals surface area contributed by atoms with Crippen LogP contribution >= 0.6 is 0 Å². The highest BCUT2D eigenvalue weighted by atomic mass is 14.8. The molecule has 2 heterocycles. The second-order valence-electron chi connectivity index (χ2n) is 4.05. The molecule has 0 atom stereocenters. The van der Waals surface area contributed by atoms with E-state index in [4.69, 9.17) is 0 Å². The van der Waals surface area contributed by atoms with Crippen molar-refractivity contribution in [3.8, 4) is 11.1 Å². The first-order valence-corrected chi connectivity index (χ1v) is 5.87. The molecular weight excluding hydrogens is 210 g/mol. The number of aromatic nitrogens is 2. The van der Waals surface area contributed by atoms with Crippen molar-refractivity contribution in [2.75, 3.05) is 6.54 Å². The number of aryl methyl sites for hydroxylation is 1. The monoisotopic (exact) mass is 227 g/mol. The van der Waals surface area contributed by atoms with E-state index < -0.39 is 0 Å². The van der Waals surface area contributed by atoms with Gasteiger partial charge in [0.05, 0.1) is 0 Å². The summed E-state index contributed by atoms with van der Waals surface area (Å²) in [4.78, 5) is 8.40. The van der Waals surface area contributed by atoms with Gasteiger partial charge in [-0.3, -0.25) is 9.97 Å². The van der Waals surface area contributed by atoms with E-state index in [-0.39, 0.29) is 0 Å². The van der Waals surface area contributed by atoms with Crippen molar-refractivity contribution in [2.45, 2.75) is 20.4 Å². The van der Waals surface area contributed by atoms with Crippen LogP contribution in [0.1, 0.15) is 18.1 Å². The highest BCUT2D eigenvalue weighted by Crippen LogP contribution is 2.22. The van der Waals surface area contributed by atoms with Gasteiger partial charge in [0.25, 0.3) is 0 Å². The summed E-state index contributed by atoms with van der Waals surface area (Å²) in [6, 6.07) is 4.21. The Labute approximate surface area is 102 Å². The van der Waals surface area contributed by atoms with Crippen LogP contribution in [0.2, 0.25) is 0 Å². The lowest BCUT2D eigenvalue weighted by Crippen LogP contribution is -2.11. The van der Waals surface area contributed by atoms with E-state index in [1.54, 1.807) is 0 Å².